The van der Waals surface area contributed by atoms with Crippen LogP contribution in [0.5, 0.6) is 11.5 Å². The van der Waals surface area contributed by atoms with E-state index >= 15 is 0 Å². The molecule has 1 N–H and O–H groups in total. The molecular formula is C16H16F3NO2. The van der Waals surface area contributed by atoms with Gasteiger partial charge in [0.15, 0.2) is 0 Å². The molecule has 0 aliphatic heterocycles. The summed E-state index contributed by atoms with van der Waals surface area (Å²) < 4.78 is 48.2. The molecule has 2 aromatic rings. The minimum absolute atomic E-state index is 0.336. The fourth-order valence-electron chi connectivity index (χ4n) is 1.84. The molecule has 118 valence electrons. The van der Waals surface area contributed by atoms with Crippen LogP contribution in [0.4, 0.5) is 18.9 Å². The molecule has 3 nitrogen and oxygen atoms in total. The van der Waals surface area contributed by atoms with E-state index < -0.39 is 11.7 Å². The second-order valence-electron chi connectivity index (χ2n) is 4.53. The third-order valence-corrected chi connectivity index (χ3v) is 2.95. The predicted octanol–water partition coefficient (Wildman–Crippen LogP) is 4.20. The van der Waals surface area contributed by atoms with Gasteiger partial charge in [-0.1, -0.05) is 6.07 Å². The lowest BCUT2D eigenvalue weighted by Gasteiger charge is -2.11. The quantitative estimate of drug-likeness (QED) is 0.811. The summed E-state index contributed by atoms with van der Waals surface area (Å²) in [6, 6.07) is 12.2. The zero-order valence-corrected chi connectivity index (χ0v) is 12.0. The number of ether oxygens (including phenoxy) is 2. The van der Waals surface area contributed by atoms with Gasteiger partial charge in [0.25, 0.3) is 0 Å². The van der Waals surface area contributed by atoms with Crippen LogP contribution in [0.1, 0.15) is 5.56 Å². The van der Waals surface area contributed by atoms with Gasteiger partial charge in [-0.15, -0.1) is 0 Å². The van der Waals surface area contributed by atoms with Gasteiger partial charge < -0.3 is 14.8 Å². The number of nitrogens with one attached hydrogen (secondary N) is 1. The Morgan fingerprint density at radius 1 is 1.00 bits per heavy atom. The van der Waals surface area contributed by atoms with Gasteiger partial charge in [-0.05, 0) is 42.5 Å². The maximum atomic E-state index is 12.6. The molecule has 0 heterocycles. The van der Waals surface area contributed by atoms with Crippen molar-refractivity contribution >= 4 is 5.69 Å². The molecule has 22 heavy (non-hydrogen) atoms. The number of halogens is 3. The van der Waals surface area contributed by atoms with E-state index in [1.807, 2.05) is 0 Å². The lowest BCUT2D eigenvalue weighted by molar-refractivity contribution is -0.137. The monoisotopic (exact) mass is 311 g/mol. The summed E-state index contributed by atoms with van der Waals surface area (Å²) in [6.07, 6.45) is -4.34. The van der Waals surface area contributed by atoms with Gasteiger partial charge in [-0.25, -0.2) is 0 Å². The van der Waals surface area contributed by atoms with Gasteiger partial charge in [0.05, 0.1) is 12.7 Å². The first-order valence-corrected chi connectivity index (χ1v) is 6.67. The van der Waals surface area contributed by atoms with Crippen LogP contribution >= 0.6 is 0 Å². The summed E-state index contributed by atoms with van der Waals surface area (Å²) in [5.74, 6) is 1.40. The molecule has 0 aromatic heterocycles. The van der Waals surface area contributed by atoms with Gasteiger partial charge in [-0.3, -0.25) is 0 Å². The van der Waals surface area contributed by atoms with Crippen molar-refractivity contribution in [2.24, 2.45) is 0 Å². The number of alkyl halides is 3. The molecule has 6 heteroatoms. The summed E-state index contributed by atoms with van der Waals surface area (Å²) in [5.41, 5.74) is -0.262. The van der Waals surface area contributed by atoms with Gasteiger partial charge in [0.2, 0.25) is 0 Å². The molecule has 0 radical (unpaired) electrons. The fourth-order valence-corrected chi connectivity index (χ4v) is 1.84. The maximum absolute atomic E-state index is 12.6. The Morgan fingerprint density at radius 3 is 2.32 bits per heavy atom. The second-order valence-corrected chi connectivity index (χ2v) is 4.53. The zero-order valence-electron chi connectivity index (χ0n) is 12.0. The Labute approximate surface area is 126 Å². The zero-order chi connectivity index (χ0) is 16.0. The molecule has 0 spiro atoms. The van der Waals surface area contributed by atoms with Crippen molar-refractivity contribution in [3.8, 4) is 11.5 Å². The summed E-state index contributed by atoms with van der Waals surface area (Å²) in [4.78, 5) is 0. The molecule has 0 aliphatic rings. The third kappa shape index (κ3) is 4.58. The summed E-state index contributed by atoms with van der Waals surface area (Å²) >= 11 is 0. The molecule has 2 aromatic carbocycles. The first-order valence-electron chi connectivity index (χ1n) is 6.67. The second kappa shape index (κ2) is 7.06. The van der Waals surface area contributed by atoms with Crippen molar-refractivity contribution < 1.29 is 22.6 Å². The van der Waals surface area contributed by atoms with Crippen LogP contribution in [0.3, 0.4) is 0 Å². The van der Waals surface area contributed by atoms with Crippen molar-refractivity contribution in [1.29, 1.82) is 0 Å². The number of anilines is 1. The van der Waals surface area contributed by atoms with Crippen molar-refractivity contribution in [3.05, 3.63) is 54.1 Å². The molecule has 0 amide bonds. The summed E-state index contributed by atoms with van der Waals surface area (Å²) in [5, 5.41) is 2.90. The highest BCUT2D eigenvalue weighted by Gasteiger charge is 2.30. The summed E-state index contributed by atoms with van der Waals surface area (Å²) in [6.45, 7) is 0.732. The Bertz CT molecular complexity index is 597. The lowest BCUT2D eigenvalue weighted by atomic mass is 10.2. The smallest absolute Gasteiger partial charge is 0.416 e. The Balaban J connectivity index is 1.81. The number of hydrogen-bond donors (Lipinski definition) is 1. The van der Waals surface area contributed by atoms with Crippen LogP contribution in [-0.2, 0) is 6.18 Å². The van der Waals surface area contributed by atoms with E-state index in [0.717, 1.165) is 17.9 Å². The van der Waals surface area contributed by atoms with Crippen molar-refractivity contribution in [1.82, 2.24) is 0 Å². The van der Waals surface area contributed by atoms with Crippen LogP contribution in [0, 0.1) is 0 Å². The van der Waals surface area contributed by atoms with E-state index in [0.29, 0.717) is 24.6 Å². The largest absolute Gasteiger partial charge is 0.497 e. The van der Waals surface area contributed by atoms with Gasteiger partial charge in [0.1, 0.15) is 18.1 Å². The minimum Gasteiger partial charge on any atom is -0.497 e. The van der Waals surface area contributed by atoms with Crippen molar-refractivity contribution in [2.75, 3.05) is 25.6 Å². The van der Waals surface area contributed by atoms with E-state index in [1.54, 1.807) is 37.4 Å². The van der Waals surface area contributed by atoms with E-state index in [-0.39, 0.29) is 0 Å². The molecule has 2 rings (SSSR count). The van der Waals surface area contributed by atoms with Gasteiger partial charge in [0, 0.05) is 12.2 Å². The first-order chi connectivity index (χ1) is 10.5. The topological polar surface area (TPSA) is 30.5 Å². The number of hydrogen-bond acceptors (Lipinski definition) is 3. The molecule has 0 saturated carbocycles. The Hall–Kier alpha value is -2.37. The Morgan fingerprint density at radius 2 is 1.68 bits per heavy atom. The van der Waals surface area contributed by atoms with Crippen LogP contribution in [0.2, 0.25) is 0 Å². The average Bonchev–Trinajstić information content (AvgIpc) is 2.52. The van der Waals surface area contributed by atoms with Crippen molar-refractivity contribution in [2.45, 2.75) is 6.18 Å². The van der Waals surface area contributed by atoms with Crippen LogP contribution in [0.15, 0.2) is 48.5 Å². The van der Waals surface area contributed by atoms with E-state index in [4.69, 9.17) is 9.47 Å². The molecule has 0 saturated heterocycles. The van der Waals surface area contributed by atoms with Crippen LogP contribution in [-0.4, -0.2) is 20.3 Å². The summed E-state index contributed by atoms with van der Waals surface area (Å²) in [7, 11) is 1.58. The van der Waals surface area contributed by atoms with Gasteiger partial charge >= 0.3 is 6.18 Å². The minimum atomic E-state index is -4.34. The molecule has 0 fully saturated rings. The highest BCUT2D eigenvalue weighted by Crippen LogP contribution is 2.30. The molecular weight excluding hydrogens is 295 g/mol. The van der Waals surface area contributed by atoms with E-state index in [1.165, 1.54) is 6.07 Å². The number of rotatable bonds is 6. The normalized spacial score (nSPS) is 11.1. The number of methoxy groups -OCH3 is 1. The van der Waals surface area contributed by atoms with Crippen LogP contribution in [0.25, 0.3) is 0 Å². The molecule has 0 aliphatic carbocycles. The molecule has 0 unspecified atom stereocenters. The third-order valence-electron chi connectivity index (χ3n) is 2.95. The van der Waals surface area contributed by atoms with E-state index in [9.17, 15) is 13.2 Å². The molecule has 0 bridgehead atoms. The Kier molecular flexibility index (Phi) is 5.14. The average molecular weight is 311 g/mol. The maximum Gasteiger partial charge on any atom is 0.416 e. The van der Waals surface area contributed by atoms with Crippen LogP contribution < -0.4 is 14.8 Å². The highest BCUT2D eigenvalue weighted by molar-refractivity contribution is 5.46. The first kappa shape index (κ1) is 16.0. The number of benzene rings is 2. The standard InChI is InChI=1S/C16H16F3NO2/c1-21-14-5-7-15(8-6-14)22-10-9-20-13-4-2-3-12(11-13)16(17,18)19/h2-8,11,20H,9-10H2,1H3. The predicted molar refractivity (Wildman–Crippen MR) is 78.4 cm³/mol. The highest BCUT2D eigenvalue weighted by atomic mass is 19.4. The van der Waals surface area contributed by atoms with Crippen molar-refractivity contribution in [3.63, 3.8) is 0 Å². The van der Waals surface area contributed by atoms with E-state index in [2.05, 4.69) is 5.32 Å². The molecule has 0 atom stereocenters. The SMILES string of the molecule is COc1ccc(OCCNc2cccc(C(F)(F)F)c2)cc1. The fraction of sp³-hybridized carbons (Fsp3) is 0.250. The lowest BCUT2D eigenvalue weighted by Crippen LogP contribution is -2.12. The van der Waals surface area contributed by atoms with Gasteiger partial charge in [-0.2, -0.15) is 13.2 Å².